The lowest BCUT2D eigenvalue weighted by atomic mass is 10.1. The van der Waals surface area contributed by atoms with Crippen molar-refractivity contribution in [3.05, 3.63) is 53.1 Å². The van der Waals surface area contributed by atoms with Crippen LogP contribution in [0.3, 0.4) is 0 Å². The SMILES string of the molecule is CC(=CCCC(C)=CCS(=O)(=O)c1ccc(C)cc1)CCl. The number of sulfone groups is 1. The maximum Gasteiger partial charge on any atom is 0.181 e. The van der Waals surface area contributed by atoms with Crippen LogP contribution in [-0.2, 0) is 9.84 Å². The monoisotopic (exact) mass is 326 g/mol. The van der Waals surface area contributed by atoms with Crippen LogP contribution in [0.5, 0.6) is 0 Å². The summed E-state index contributed by atoms with van der Waals surface area (Å²) in [6.07, 6.45) is 5.65. The van der Waals surface area contributed by atoms with Gasteiger partial charge in [-0.2, -0.15) is 0 Å². The summed E-state index contributed by atoms with van der Waals surface area (Å²) in [5, 5.41) is 0. The van der Waals surface area contributed by atoms with Crippen LogP contribution >= 0.6 is 11.6 Å². The van der Waals surface area contributed by atoms with Crippen LogP contribution in [0.15, 0.2) is 52.5 Å². The molecule has 0 aliphatic carbocycles. The average Bonchev–Trinajstić information content (AvgIpc) is 2.45. The molecule has 0 atom stereocenters. The molecule has 0 N–H and O–H groups in total. The lowest BCUT2D eigenvalue weighted by molar-refractivity contribution is 0.599. The topological polar surface area (TPSA) is 34.1 Å². The molecule has 116 valence electrons. The Labute approximate surface area is 133 Å². The number of benzene rings is 1. The lowest BCUT2D eigenvalue weighted by Crippen LogP contribution is -2.05. The van der Waals surface area contributed by atoms with Gasteiger partial charge in [-0.25, -0.2) is 8.42 Å². The van der Waals surface area contributed by atoms with Crippen molar-refractivity contribution in [2.45, 2.75) is 38.5 Å². The van der Waals surface area contributed by atoms with Crippen molar-refractivity contribution >= 4 is 21.4 Å². The van der Waals surface area contributed by atoms with Crippen molar-refractivity contribution in [2.24, 2.45) is 0 Å². The maximum absolute atomic E-state index is 12.2. The van der Waals surface area contributed by atoms with Crippen LogP contribution in [-0.4, -0.2) is 20.1 Å². The molecule has 21 heavy (non-hydrogen) atoms. The summed E-state index contributed by atoms with van der Waals surface area (Å²) < 4.78 is 24.4. The van der Waals surface area contributed by atoms with Gasteiger partial charge in [0.05, 0.1) is 10.6 Å². The van der Waals surface area contributed by atoms with Gasteiger partial charge in [0.25, 0.3) is 0 Å². The van der Waals surface area contributed by atoms with Gasteiger partial charge in [0.15, 0.2) is 9.84 Å². The summed E-state index contributed by atoms with van der Waals surface area (Å²) in [6.45, 7) is 5.90. The molecule has 0 aromatic heterocycles. The molecule has 0 aliphatic heterocycles. The minimum absolute atomic E-state index is 0.0557. The first kappa shape index (κ1) is 18.0. The second kappa shape index (κ2) is 8.40. The molecule has 4 heteroatoms. The molecule has 1 aromatic rings. The second-order valence-corrected chi connectivity index (χ2v) is 7.67. The Morgan fingerprint density at radius 3 is 2.29 bits per heavy atom. The Balaban J connectivity index is 2.63. The molecule has 0 spiro atoms. The summed E-state index contributed by atoms with van der Waals surface area (Å²) in [7, 11) is -3.23. The predicted molar refractivity (Wildman–Crippen MR) is 90.7 cm³/mol. The molecule has 0 bridgehead atoms. The van der Waals surface area contributed by atoms with Gasteiger partial charge >= 0.3 is 0 Å². The summed E-state index contributed by atoms with van der Waals surface area (Å²) in [4.78, 5) is 0.384. The molecule has 0 radical (unpaired) electrons. The van der Waals surface area contributed by atoms with Crippen molar-refractivity contribution in [3.63, 3.8) is 0 Å². The largest absolute Gasteiger partial charge is 0.223 e. The number of halogens is 1. The van der Waals surface area contributed by atoms with E-state index in [4.69, 9.17) is 11.6 Å². The number of aryl methyl sites for hydroxylation is 1. The third-order valence-corrected chi connectivity index (χ3v) is 5.29. The van der Waals surface area contributed by atoms with Crippen molar-refractivity contribution in [2.75, 3.05) is 11.6 Å². The minimum atomic E-state index is -3.23. The number of allylic oxidation sites excluding steroid dienone is 3. The third-order valence-electron chi connectivity index (χ3n) is 3.27. The highest BCUT2D eigenvalue weighted by atomic mass is 35.5. The normalized spacial score (nSPS) is 13.5. The van der Waals surface area contributed by atoms with Gasteiger partial charge in [-0.1, -0.05) is 41.0 Å². The third kappa shape index (κ3) is 6.49. The first-order chi connectivity index (χ1) is 9.85. The molecule has 0 saturated carbocycles. The highest BCUT2D eigenvalue weighted by Crippen LogP contribution is 2.14. The van der Waals surface area contributed by atoms with Crippen LogP contribution in [0.2, 0.25) is 0 Å². The van der Waals surface area contributed by atoms with Gasteiger partial charge < -0.3 is 0 Å². The van der Waals surface area contributed by atoms with E-state index in [0.29, 0.717) is 10.8 Å². The van der Waals surface area contributed by atoms with Gasteiger partial charge in [0.1, 0.15) is 0 Å². The fraction of sp³-hybridized carbons (Fsp3) is 0.412. The van der Waals surface area contributed by atoms with Crippen LogP contribution < -0.4 is 0 Å². The van der Waals surface area contributed by atoms with E-state index in [0.717, 1.165) is 29.6 Å². The van der Waals surface area contributed by atoms with E-state index in [1.807, 2.05) is 32.9 Å². The van der Waals surface area contributed by atoms with E-state index >= 15 is 0 Å². The highest BCUT2D eigenvalue weighted by Gasteiger charge is 2.12. The number of rotatable bonds is 7. The molecule has 0 amide bonds. The van der Waals surface area contributed by atoms with Crippen molar-refractivity contribution < 1.29 is 8.42 Å². The van der Waals surface area contributed by atoms with E-state index in [1.165, 1.54) is 0 Å². The van der Waals surface area contributed by atoms with Gasteiger partial charge in [0.2, 0.25) is 0 Å². The zero-order chi connectivity index (χ0) is 15.9. The Hall–Kier alpha value is -1.06. The first-order valence-corrected chi connectivity index (χ1v) is 9.20. The number of alkyl halides is 1. The number of hydrogen-bond acceptors (Lipinski definition) is 2. The molecule has 1 rings (SSSR count). The lowest BCUT2D eigenvalue weighted by Gasteiger charge is -2.04. The molecule has 0 saturated heterocycles. The standard InChI is InChI=1S/C17H23ClO2S/c1-14(5-4-6-16(3)13-18)11-12-21(19,20)17-9-7-15(2)8-10-17/h6-11H,4-5,12-13H2,1-3H3. The van der Waals surface area contributed by atoms with Gasteiger partial charge in [-0.15, -0.1) is 11.6 Å². The van der Waals surface area contributed by atoms with E-state index in [2.05, 4.69) is 6.08 Å². The molecule has 1 aromatic carbocycles. The maximum atomic E-state index is 12.2. The zero-order valence-corrected chi connectivity index (χ0v) is 14.5. The molecule has 0 fully saturated rings. The Kier molecular flexibility index (Phi) is 7.20. The zero-order valence-electron chi connectivity index (χ0n) is 12.9. The van der Waals surface area contributed by atoms with Crippen LogP contribution in [0.1, 0.15) is 32.3 Å². The summed E-state index contributed by atoms with van der Waals surface area (Å²) in [5.41, 5.74) is 3.29. The Morgan fingerprint density at radius 2 is 1.71 bits per heavy atom. The van der Waals surface area contributed by atoms with Crippen LogP contribution in [0.4, 0.5) is 0 Å². The summed E-state index contributed by atoms with van der Waals surface area (Å²) >= 11 is 5.71. The molecule has 2 nitrogen and oxygen atoms in total. The molecule has 0 heterocycles. The van der Waals surface area contributed by atoms with Gasteiger partial charge in [-0.3, -0.25) is 0 Å². The van der Waals surface area contributed by atoms with Crippen molar-refractivity contribution in [1.82, 2.24) is 0 Å². The number of hydrogen-bond donors (Lipinski definition) is 0. The van der Waals surface area contributed by atoms with E-state index in [9.17, 15) is 8.42 Å². The average molecular weight is 327 g/mol. The smallest absolute Gasteiger partial charge is 0.181 e. The van der Waals surface area contributed by atoms with Crippen molar-refractivity contribution in [1.29, 1.82) is 0 Å². The predicted octanol–water partition coefficient (Wildman–Crippen LogP) is 4.68. The van der Waals surface area contributed by atoms with E-state index < -0.39 is 9.84 Å². The first-order valence-electron chi connectivity index (χ1n) is 7.02. The summed E-state index contributed by atoms with van der Waals surface area (Å²) in [5.74, 6) is 0.602. The molecule has 0 unspecified atom stereocenters. The summed E-state index contributed by atoms with van der Waals surface area (Å²) in [6, 6.07) is 6.98. The fourth-order valence-corrected chi connectivity index (χ4v) is 3.15. The Morgan fingerprint density at radius 1 is 1.10 bits per heavy atom. The van der Waals surface area contributed by atoms with Gasteiger partial charge in [0, 0.05) is 5.88 Å². The Bertz CT molecular complexity index is 611. The molecular formula is C17H23ClO2S. The highest BCUT2D eigenvalue weighted by molar-refractivity contribution is 7.91. The van der Waals surface area contributed by atoms with Crippen LogP contribution in [0.25, 0.3) is 0 Å². The minimum Gasteiger partial charge on any atom is -0.223 e. The van der Waals surface area contributed by atoms with Gasteiger partial charge in [-0.05, 0) is 45.7 Å². The van der Waals surface area contributed by atoms with Crippen molar-refractivity contribution in [3.8, 4) is 0 Å². The second-order valence-electron chi connectivity index (χ2n) is 5.37. The van der Waals surface area contributed by atoms with Crippen LogP contribution in [0, 0.1) is 6.92 Å². The van der Waals surface area contributed by atoms with E-state index in [-0.39, 0.29) is 5.75 Å². The quantitative estimate of drug-likeness (QED) is 0.538. The van der Waals surface area contributed by atoms with E-state index in [1.54, 1.807) is 18.2 Å². The molecule has 0 aliphatic rings. The molecular weight excluding hydrogens is 304 g/mol. The fourth-order valence-electron chi connectivity index (χ4n) is 1.80.